The van der Waals surface area contributed by atoms with Gasteiger partial charge in [-0.15, -0.1) is 24.0 Å². The molecule has 1 rings (SSSR count). The molecule has 1 heterocycles. The van der Waals surface area contributed by atoms with Gasteiger partial charge in [-0.2, -0.15) is 0 Å². The van der Waals surface area contributed by atoms with Crippen molar-refractivity contribution in [1.29, 1.82) is 0 Å². The summed E-state index contributed by atoms with van der Waals surface area (Å²) in [6.07, 6.45) is 2.37. The van der Waals surface area contributed by atoms with E-state index in [4.69, 9.17) is 4.74 Å². The Morgan fingerprint density at radius 1 is 1.35 bits per heavy atom. The summed E-state index contributed by atoms with van der Waals surface area (Å²) in [6, 6.07) is 0.441. The van der Waals surface area contributed by atoms with Crippen LogP contribution < -0.4 is 10.6 Å². The van der Waals surface area contributed by atoms with Crippen molar-refractivity contribution in [2.24, 2.45) is 15.8 Å². The van der Waals surface area contributed by atoms with E-state index in [-0.39, 0.29) is 29.4 Å². The van der Waals surface area contributed by atoms with Crippen LogP contribution in [0.4, 0.5) is 0 Å². The Hall–Kier alpha value is -0.0400. The molecule has 0 aromatic rings. The fourth-order valence-electron chi connectivity index (χ4n) is 2.00. The monoisotopic (exact) mass is 397 g/mol. The van der Waals surface area contributed by atoms with Gasteiger partial charge >= 0.3 is 0 Å². The summed E-state index contributed by atoms with van der Waals surface area (Å²) in [7, 11) is 1.82. The highest BCUT2D eigenvalue weighted by molar-refractivity contribution is 14.0. The number of nitrogens with zero attached hydrogens (tertiary/aromatic N) is 1. The van der Waals surface area contributed by atoms with Gasteiger partial charge in [-0.05, 0) is 25.2 Å². The first-order valence-electron chi connectivity index (χ1n) is 7.29. The van der Waals surface area contributed by atoms with Gasteiger partial charge in [0.2, 0.25) is 0 Å². The largest absolute Gasteiger partial charge is 0.380 e. The highest BCUT2D eigenvalue weighted by atomic mass is 127. The van der Waals surface area contributed by atoms with Gasteiger partial charge in [-0.1, -0.05) is 27.7 Å². The van der Waals surface area contributed by atoms with Gasteiger partial charge in [0.15, 0.2) is 5.96 Å². The molecule has 4 nitrogen and oxygen atoms in total. The van der Waals surface area contributed by atoms with Crippen molar-refractivity contribution in [3.63, 3.8) is 0 Å². The van der Waals surface area contributed by atoms with Crippen LogP contribution in [0.1, 0.15) is 47.5 Å². The minimum absolute atomic E-state index is 0. The molecule has 0 aliphatic carbocycles. The van der Waals surface area contributed by atoms with Gasteiger partial charge in [0, 0.05) is 25.0 Å². The molecule has 1 atom stereocenters. The number of ether oxygens (including phenoxy) is 1. The summed E-state index contributed by atoms with van der Waals surface area (Å²) in [5, 5.41) is 6.86. The molecule has 1 unspecified atom stereocenters. The van der Waals surface area contributed by atoms with E-state index in [1.54, 1.807) is 0 Å². The maximum Gasteiger partial charge on any atom is 0.191 e. The van der Waals surface area contributed by atoms with Gasteiger partial charge in [-0.25, -0.2) is 0 Å². The van der Waals surface area contributed by atoms with Crippen LogP contribution in [0.15, 0.2) is 4.99 Å². The summed E-state index contributed by atoms with van der Waals surface area (Å²) in [5.74, 6) is 0.898. The van der Waals surface area contributed by atoms with Gasteiger partial charge in [0.05, 0.1) is 13.2 Å². The summed E-state index contributed by atoms with van der Waals surface area (Å²) < 4.78 is 5.26. The number of rotatable bonds is 5. The van der Waals surface area contributed by atoms with Crippen molar-refractivity contribution < 1.29 is 4.74 Å². The molecule has 5 heteroatoms. The molecule has 0 radical (unpaired) electrons. The maximum atomic E-state index is 5.26. The molecule has 1 aliphatic heterocycles. The van der Waals surface area contributed by atoms with E-state index in [0.717, 1.165) is 32.1 Å². The van der Waals surface area contributed by atoms with Crippen molar-refractivity contribution in [3.05, 3.63) is 0 Å². The summed E-state index contributed by atoms with van der Waals surface area (Å²) in [6.45, 7) is 13.9. The molecule has 120 valence electrons. The highest BCUT2D eigenvalue weighted by Crippen LogP contribution is 2.25. The standard InChI is InChI=1S/C15H31N3O.HI/c1-12(7-8-14(2,3)4)18-13(16-6)17-9-15(5)10-19-11-15;/h12H,7-11H2,1-6H3,(H2,16,17,18);1H. The van der Waals surface area contributed by atoms with E-state index >= 15 is 0 Å². The van der Waals surface area contributed by atoms with Crippen LogP contribution in [0.2, 0.25) is 0 Å². The van der Waals surface area contributed by atoms with Crippen LogP contribution in [0.25, 0.3) is 0 Å². The second-order valence-electron chi connectivity index (χ2n) is 7.37. The van der Waals surface area contributed by atoms with E-state index < -0.39 is 0 Å². The predicted molar refractivity (Wildman–Crippen MR) is 97.0 cm³/mol. The minimum atomic E-state index is 0. The first-order valence-corrected chi connectivity index (χ1v) is 7.29. The molecule has 20 heavy (non-hydrogen) atoms. The lowest BCUT2D eigenvalue weighted by atomic mass is 9.88. The van der Waals surface area contributed by atoms with Crippen molar-refractivity contribution in [1.82, 2.24) is 10.6 Å². The van der Waals surface area contributed by atoms with Crippen LogP contribution in [0, 0.1) is 10.8 Å². The SMILES string of the molecule is CN=C(NCC1(C)COC1)NC(C)CCC(C)(C)C.I. The molecule has 1 fully saturated rings. The lowest BCUT2D eigenvalue weighted by Crippen LogP contribution is -2.52. The quantitative estimate of drug-likeness (QED) is 0.426. The van der Waals surface area contributed by atoms with Crippen LogP contribution in [0.3, 0.4) is 0 Å². The Labute approximate surface area is 141 Å². The number of nitrogens with one attached hydrogen (secondary N) is 2. The summed E-state index contributed by atoms with van der Waals surface area (Å²) in [5.41, 5.74) is 0.663. The molecular formula is C15H32IN3O. The Kier molecular flexibility index (Phi) is 8.40. The molecule has 0 aromatic heterocycles. The van der Waals surface area contributed by atoms with E-state index in [1.165, 1.54) is 6.42 Å². The third-order valence-corrected chi connectivity index (χ3v) is 3.52. The first kappa shape index (κ1) is 20.0. The van der Waals surface area contributed by atoms with Gasteiger partial charge in [-0.3, -0.25) is 4.99 Å². The number of hydrogen-bond donors (Lipinski definition) is 2. The fourth-order valence-corrected chi connectivity index (χ4v) is 2.00. The van der Waals surface area contributed by atoms with E-state index in [1.807, 2.05) is 7.05 Å². The average Bonchev–Trinajstić information content (AvgIpc) is 2.28. The Morgan fingerprint density at radius 2 is 1.95 bits per heavy atom. The summed E-state index contributed by atoms with van der Waals surface area (Å²) >= 11 is 0. The van der Waals surface area contributed by atoms with Gasteiger partial charge in [0.1, 0.15) is 0 Å². The number of halogens is 1. The maximum absolute atomic E-state index is 5.26. The zero-order valence-electron chi connectivity index (χ0n) is 13.9. The molecule has 2 N–H and O–H groups in total. The Morgan fingerprint density at radius 3 is 2.35 bits per heavy atom. The van der Waals surface area contributed by atoms with Crippen molar-refractivity contribution >= 4 is 29.9 Å². The third kappa shape index (κ3) is 7.67. The lowest BCUT2D eigenvalue weighted by Gasteiger charge is -2.38. The fraction of sp³-hybridized carbons (Fsp3) is 0.933. The van der Waals surface area contributed by atoms with E-state index in [9.17, 15) is 0 Å². The Bertz CT molecular complexity index is 309. The van der Waals surface area contributed by atoms with Crippen LogP contribution in [-0.4, -0.2) is 38.8 Å². The van der Waals surface area contributed by atoms with Crippen LogP contribution in [-0.2, 0) is 4.74 Å². The second kappa shape index (κ2) is 8.41. The molecule has 0 spiro atoms. The summed E-state index contributed by atoms with van der Waals surface area (Å²) in [4.78, 5) is 4.29. The smallest absolute Gasteiger partial charge is 0.191 e. The Balaban J connectivity index is 0.00000361. The molecule has 0 aromatic carbocycles. The van der Waals surface area contributed by atoms with E-state index in [0.29, 0.717) is 11.5 Å². The lowest BCUT2D eigenvalue weighted by molar-refractivity contribution is -0.0971. The zero-order chi connectivity index (χ0) is 14.5. The molecule has 0 amide bonds. The molecule has 1 aliphatic rings. The first-order chi connectivity index (χ1) is 8.74. The third-order valence-electron chi connectivity index (χ3n) is 3.52. The normalized spacial score (nSPS) is 19.6. The van der Waals surface area contributed by atoms with Crippen molar-refractivity contribution in [2.75, 3.05) is 26.8 Å². The average molecular weight is 397 g/mol. The van der Waals surface area contributed by atoms with Gasteiger partial charge in [0.25, 0.3) is 0 Å². The van der Waals surface area contributed by atoms with Crippen molar-refractivity contribution in [3.8, 4) is 0 Å². The molecule has 0 saturated carbocycles. The predicted octanol–water partition coefficient (Wildman–Crippen LogP) is 3.02. The molecular weight excluding hydrogens is 365 g/mol. The minimum Gasteiger partial charge on any atom is -0.380 e. The number of hydrogen-bond acceptors (Lipinski definition) is 2. The number of aliphatic imine (C=N–C) groups is 1. The molecule has 1 saturated heterocycles. The number of guanidine groups is 1. The highest BCUT2D eigenvalue weighted by Gasteiger charge is 2.33. The molecule has 0 bridgehead atoms. The van der Waals surface area contributed by atoms with Crippen LogP contribution >= 0.6 is 24.0 Å². The van der Waals surface area contributed by atoms with E-state index in [2.05, 4.69) is 50.2 Å². The van der Waals surface area contributed by atoms with Gasteiger partial charge < -0.3 is 15.4 Å². The topological polar surface area (TPSA) is 45.7 Å². The van der Waals surface area contributed by atoms with Crippen LogP contribution in [0.5, 0.6) is 0 Å². The zero-order valence-corrected chi connectivity index (χ0v) is 16.2. The second-order valence-corrected chi connectivity index (χ2v) is 7.37. The van der Waals surface area contributed by atoms with Crippen molar-refractivity contribution in [2.45, 2.75) is 53.5 Å².